The maximum absolute atomic E-state index is 12.4. The molecule has 1 unspecified atom stereocenters. The summed E-state index contributed by atoms with van der Waals surface area (Å²) in [6.07, 6.45) is 0. The molecule has 0 aliphatic rings. The largest absolute Gasteiger partial charge is 0.332 e. The molecular formula is C20H21N5OS3. The number of anilines is 3. The summed E-state index contributed by atoms with van der Waals surface area (Å²) in [5, 5.41) is 18.5. The van der Waals surface area contributed by atoms with Crippen molar-refractivity contribution in [3.05, 3.63) is 59.1 Å². The van der Waals surface area contributed by atoms with Gasteiger partial charge in [-0.15, -0.1) is 22.0 Å². The topological polar surface area (TPSA) is 78.9 Å². The molecule has 6 nitrogen and oxygen atoms in total. The van der Waals surface area contributed by atoms with Gasteiger partial charge in [0, 0.05) is 16.3 Å². The van der Waals surface area contributed by atoms with Crippen LogP contribution in [0.5, 0.6) is 0 Å². The number of amides is 1. The van der Waals surface area contributed by atoms with Gasteiger partial charge in [0.15, 0.2) is 5.11 Å². The molecule has 3 rings (SSSR count). The summed E-state index contributed by atoms with van der Waals surface area (Å²) in [6.45, 7) is 5.75. The van der Waals surface area contributed by atoms with Crippen molar-refractivity contribution in [2.75, 3.05) is 16.0 Å². The van der Waals surface area contributed by atoms with E-state index >= 15 is 0 Å². The number of nitrogens with one attached hydrogen (secondary N) is 3. The number of carbonyl (C=O) groups is 1. The van der Waals surface area contributed by atoms with E-state index < -0.39 is 0 Å². The molecule has 0 saturated heterocycles. The smallest absolute Gasteiger partial charge is 0.239 e. The zero-order valence-corrected chi connectivity index (χ0v) is 18.7. The Hall–Kier alpha value is -2.49. The van der Waals surface area contributed by atoms with Crippen molar-refractivity contribution in [1.29, 1.82) is 0 Å². The molecule has 0 aliphatic heterocycles. The number of rotatable bonds is 6. The summed E-state index contributed by atoms with van der Waals surface area (Å²) in [4.78, 5) is 13.3. The Bertz CT molecular complexity index is 1000. The second-order valence-electron chi connectivity index (χ2n) is 6.35. The van der Waals surface area contributed by atoms with Crippen LogP contribution in [0, 0.1) is 13.8 Å². The number of thioether (sulfide) groups is 1. The number of hydrogen-bond acceptors (Lipinski definition) is 6. The van der Waals surface area contributed by atoms with Gasteiger partial charge in [0.1, 0.15) is 5.01 Å². The lowest BCUT2D eigenvalue weighted by molar-refractivity contribution is -0.115. The van der Waals surface area contributed by atoms with Gasteiger partial charge in [-0.2, -0.15) is 0 Å². The monoisotopic (exact) mass is 443 g/mol. The molecule has 1 aromatic heterocycles. The highest BCUT2D eigenvalue weighted by Crippen LogP contribution is 2.27. The fourth-order valence-electron chi connectivity index (χ4n) is 2.39. The molecule has 29 heavy (non-hydrogen) atoms. The van der Waals surface area contributed by atoms with Crippen LogP contribution in [-0.2, 0) is 4.79 Å². The fraction of sp³-hybridized carbons (Fsp3) is 0.200. The number of aryl methyl sites for hydroxylation is 2. The molecule has 0 spiro atoms. The summed E-state index contributed by atoms with van der Waals surface area (Å²) >= 11 is 8.21. The Morgan fingerprint density at radius 1 is 1.03 bits per heavy atom. The average Bonchev–Trinajstić information content (AvgIpc) is 3.08. The maximum atomic E-state index is 12.4. The first-order valence-electron chi connectivity index (χ1n) is 8.91. The Balaban J connectivity index is 1.56. The van der Waals surface area contributed by atoms with Gasteiger partial charge in [-0.1, -0.05) is 35.1 Å². The van der Waals surface area contributed by atoms with Gasteiger partial charge >= 0.3 is 0 Å². The predicted octanol–water partition coefficient (Wildman–Crippen LogP) is 5.08. The Labute approximate surface area is 183 Å². The standard InChI is InChI=1S/C20H21N5OS3/c1-12-7-9-15(10-8-12)21-19(27)22-16-5-4-6-17(11-16)28-13(2)18(26)23-20-25-24-14(3)29-20/h4-11,13H,1-3H3,(H2,21,22,27)(H,23,25,26). The molecule has 1 heterocycles. The molecule has 9 heteroatoms. The van der Waals surface area contributed by atoms with Crippen molar-refractivity contribution in [1.82, 2.24) is 10.2 Å². The van der Waals surface area contributed by atoms with Crippen molar-refractivity contribution < 1.29 is 4.79 Å². The molecule has 0 saturated carbocycles. The third-order valence-corrected chi connectivity index (χ3v) is 5.89. The van der Waals surface area contributed by atoms with E-state index in [0.717, 1.165) is 21.3 Å². The molecule has 3 aromatic rings. The highest BCUT2D eigenvalue weighted by molar-refractivity contribution is 8.00. The Kier molecular flexibility index (Phi) is 7.18. The number of carbonyl (C=O) groups excluding carboxylic acids is 1. The molecule has 3 N–H and O–H groups in total. The summed E-state index contributed by atoms with van der Waals surface area (Å²) in [5.41, 5.74) is 2.97. The van der Waals surface area contributed by atoms with Crippen LogP contribution in [0.4, 0.5) is 16.5 Å². The molecule has 2 aromatic carbocycles. The van der Waals surface area contributed by atoms with Crippen molar-refractivity contribution in [3.63, 3.8) is 0 Å². The molecule has 1 atom stereocenters. The summed E-state index contributed by atoms with van der Waals surface area (Å²) in [6, 6.07) is 15.8. The first-order chi connectivity index (χ1) is 13.9. The van der Waals surface area contributed by atoms with Crippen LogP contribution in [0.25, 0.3) is 0 Å². The first-order valence-corrected chi connectivity index (χ1v) is 11.0. The first kappa shape index (κ1) is 21.2. The van der Waals surface area contributed by atoms with Gasteiger partial charge in [-0.3, -0.25) is 10.1 Å². The van der Waals surface area contributed by atoms with Gasteiger partial charge in [0.2, 0.25) is 11.0 Å². The third kappa shape index (κ3) is 6.52. The number of benzene rings is 2. The van der Waals surface area contributed by atoms with Gasteiger partial charge in [-0.05, 0) is 63.3 Å². The second-order valence-corrected chi connectivity index (χ2v) is 9.35. The summed E-state index contributed by atoms with van der Waals surface area (Å²) in [7, 11) is 0. The second kappa shape index (κ2) is 9.82. The highest BCUT2D eigenvalue weighted by Gasteiger charge is 2.16. The highest BCUT2D eigenvalue weighted by atomic mass is 32.2. The number of thiocarbonyl (C=S) groups is 1. The molecule has 150 valence electrons. The molecule has 0 bridgehead atoms. The van der Waals surface area contributed by atoms with E-state index in [9.17, 15) is 4.79 Å². The van der Waals surface area contributed by atoms with Gasteiger partial charge in [0.25, 0.3) is 0 Å². The summed E-state index contributed by atoms with van der Waals surface area (Å²) < 4.78 is 0. The van der Waals surface area contributed by atoms with Crippen LogP contribution in [0.2, 0.25) is 0 Å². The molecule has 0 aliphatic carbocycles. The van der Waals surface area contributed by atoms with E-state index in [1.807, 2.05) is 69.3 Å². The van der Waals surface area contributed by atoms with Crippen LogP contribution < -0.4 is 16.0 Å². The predicted molar refractivity (Wildman–Crippen MR) is 126 cm³/mol. The molecule has 1 amide bonds. The molecule has 0 fully saturated rings. The quantitative estimate of drug-likeness (QED) is 0.362. The van der Waals surface area contributed by atoms with Crippen LogP contribution in [0.15, 0.2) is 53.4 Å². The lowest BCUT2D eigenvalue weighted by Crippen LogP contribution is -2.22. The minimum Gasteiger partial charge on any atom is -0.332 e. The van der Waals surface area contributed by atoms with E-state index in [-0.39, 0.29) is 11.2 Å². The summed E-state index contributed by atoms with van der Waals surface area (Å²) in [5.74, 6) is -0.110. The average molecular weight is 444 g/mol. The van der Waals surface area contributed by atoms with Crippen molar-refractivity contribution in [2.24, 2.45) is 0 Å². The van der Waals surface area contributed by atoms with E-state index in [0.29, 0.717) is 10.2 Å². The SMILES string of the molecule is Cc1ccc(NC(=S)Nc2cccc(SC(C)C(=O)Nc3nnc(C)s3)c2)cc1. The number of aromatic nitrogens is 2. The van der Waals surface area contributed by atoms with E-state index in [4.69, 9.17) is 12.2 Å². The van der Waals surface area contributed by atoms with Crippen LogP contribution in [-0.4, -0.2) is 26.5 Å². The van der Waals surface area contributed by atoms with Gasteiger partial charge < -0.3 is 10.6 Å². The normalized spacial score (nSPS) is 11.6. The van der Waals surface area contributed by atoms with Crippen molar-refractivity contribution >= 4 is 62.8 Å². The zero-order chi connectivity index (χ0) is 20.8. The van der Waals surface area contributed by atoms with Crippen molar-refractivity contribution in [2.45, 2.75) is 30.9 Å². The third-order valence-electron chi connectivity index (χ3n) is 3.84. The van der Waals surface area contributed by atoms with Crippen molar-refractivity contribution in [3.8, 4) is 0 Å². The van der Waals surface area contributed by atoms with E-state index in [2.05, 4.69) is 26.1 Å². The van der Waals surface area contributed by atoms with E-state index in [1.54, 1.807) is 0 Å². The maximum Gasteiger partial charge on any atom is 0.239 e. The van der Waals surface area contributed by atoms with Crippen LogP contribution >= 0.6 is 35.3 Å². The minimum atomic E-state index is -0.285. The van der Waals surface area contributed by atoms with E-state index in [1.165, 1.54) is 28.7 Å². The molecule has 0 radical (unpaired) electrons. The molecular weight excluding hydrogens is 422 g/mol. The van der Waals surface area contributed by atoms with Gasteiger partial charge in [-0.25, -0.2) is 0 Å². The van der Waals surface area contributed by atoms with Gasteiger partial charge in [0.05, 0.1) is 5.25 Å². The Morgan fingerprint density at radius 2 is 1.76 bits per heavy atom. The van der Waals surface area contributed by atoms with Crippen LogP contribution in [0.3, 0.4) is 0 Å². The zero-order valence-electron chi connectivity index (χ0n) is 16.2. The fourth-order valence-corrected chi connectivity index (χ4v) is 4.15. The van der Waals surface area contributed by atoms with Crippen LogP contribution in [0.1, 0.15) is 17.5 Å². The lowest BCUT2D eigenvalue weighted by Gasteiger charge is -2.13. The number of hydrogen-bond donors (Lipinski definition) is 3. The number of nitrogens with zero attached hydrogens (tertiary/aromatic N) is 2. The minimum absolute atomic E-state index is 0.110. The lowest BCUT2D eigenvalue weighted by atomic mass is 10.2. The Morgan fingerprint density at radius 3 is 2.45 bits per heavy atom.